The zero-order chi connectivity index (χ0) is 12.7. The van der Waals surface area contributed by atoms with Crippen molar-refractivity contribution in [2.75, 3.05) is 0 Å². The summed E-state index contributed by atoms with van der Waals surface area (Å²) in [5, 5.41) is 0. The summed E-state index contributed by atoms with van der Waals surface area (Å²) in [4.78, 5) is 19.6. The summed E-state index contributed by atoms with van der Waals surface area (Å²) in [6, 6.07) is 0. The summed E-state index contributed by atoms with van der Waals surface area (Å²) in [5.74, 6) is -2.82. The van der Waals surface area contributed by atoms with Gasteiger partial charge in [-0.25, -0.2) is 0 Å². The Morgan fingerprint density at radius 2 is 1.00 bits per heavy atom. The van der Waals surface area contributed by atoms with Gasteiger partial charge in [-0.3, -0.25) is 18.7 Å². The molecule has 0 saturated carbocycles. The normalized spacial score (nSPS) is 18.1. The molecule has 88 valence electrons. The zero-order valence-corrected chi connectivity index (χ0v) is 8.95. The molecule has 0 bridgehead atoms. The van der Waals surface area contributed by atoms with Crippen molar-refractivity contribution in [1.82, 2.24) is 0 Å². The average Bonchev–Trinajstić information content (AvgIpc) is 2.04. The lowest BCUT2D eigenvalue weighted by molar-refractivity contribution is -0.114. The van der Waals surface area contributed by atoms with Gasteiger partial charge in [0.15, 0.2) is 0 Å². The maximum Gasteiger partial charge on any atom is 0.298 e. The van der Waals surface area contributed by atoms with Crippen molar-refractivity contribution < 1.29 is 35.5 Å². The van der Waals surface area contributed by atoms with Gasteiger partial charge >= 0.3 is 0 Å². The molecule has 10 heteroatoms. The fraction of sp³-hybridized carbons (Fsp3) is 0. The minimum Gasteiger partial charge on any atom is -0.288 e. The Labute approximate surface area is 89.8 Å². The molecule has 0 unspecified atom stereocenters. The SMILES string of the molecule is O=C1C=C(S(=O)(=O)O)C(=O)C=C1S(=O)(=O)O. The van der Waals surface area contributed by atoms with E-state index < -0.39 is 41.6 Å². The fourth-order valence-electron chi connectivity index (χ4n) is 0.926. The Hall–Kier alpha value is -1.36. The lowest BCUT2D eigenvalue weighted by Crippen LogP contribution is -2.22. The summed E-state index contributed by atoms with van der Waals surface area (Å²) < 4.78 is 59.3. The maximum atomic E-state index is 11.0. The lowest BCUT2D eigenvalue weighted by atomic mass is 10.2. The molecule has 1 aliphatic carbocycles. The second-order valence-corrected chi connectivity index (χ2v) is 5.48. The van der Waals surface area contributed by atoms with Crippen molar-refractivity contribution in [1.29, 1.82) is 0 Å². The van der Waals surface area contributed by atoms with E-state index in [1.807, 2.05) is 0 Å². The van der Waals surface area contributed by atoms with Crippen LogP contribution in [0, 0.1) is 0 Å². The Morgan fingerprint density at radius 3 is 1.19 bits per heavy atom. The second-order valence-electron chi connectivity index (χ2n) is 2.70. The predicted molar refractivity (Wildman–Crippen MR) is 49.3 cm³/mol. The molecular formula is C6H4O8S2. The monoisotopic (exact) mass is 268 g/mol. The zero-order valence-electron chi connectivity index (χ0n) is 7.32. The summed E-state index contributed by atoms with van der Waals surface area (Å²) in [6.45, 7) is 0. The number of hydrogen-bond acceptors (Lipinski definition) is 6. The molecular weight excluding hydrogens is 264 g/mol. The van der Waals surface area contributed by atoms with Crippen molar-refractivity contribution in [2.24, 2.45) is 0 Å². The molecule has 8 nitrogen and oxygen atoms in total. The van der Waals surface area contributed by atoms with Gasteiger partial charge in [-0.2, -0.15) is 16.8 Å². The first-order valence-corrected chi connectivity index (χ1v) is 6.38. The van der Waals surface area contributed by atoms with Crippen molar-refractivity contribution in [3.63, 3.8) is 0 Å². The van der Waals surface area contributed by atoms with Crippen LogP contribution in [-0.4, -0.2) is 37.5 Å². The molecule has 0 aromatic heterocycles. The van der Waals surface area contributed by atoms with Crippen LogP contribution in [0.3, 0.4) is 0 Å². The third-order valence-electron chi connectivity index (χ3n) is 1.57. The number of ketones is 2. The van der Waals surface area contributed by atoms with Crippen LogP contribution in [0.4, 0.5) is 0 Å². The first-order chi connectivity index (χ1) is 7.03. The molecule has 1 aliphatic rings. The molecule has 0 aliphatic heterocycles. The summed E-state index contributed by atoms with van der Waals surface area (Å²) in [5.41, 5.74) is 0. The molecule has 0 atom stereocenters. The van der Waals surface area contributed by atoms with Gasteiger partial charge < -0.3 is 0 Å². The van der Waals surface area contributed by atoms with Crippen molar-refractivity contribution >= 4 is 31.8 Å². The number of hydrogen-bond donors (Lipinski definition) is 2. The van der Waals surface area contributed by atoms with E-state index in [-0.39, 0.29) is 12.2 Å². The highest BCUT2D eigenvalue weighted by molar-refractivity contribution is 7.92. The predicted octanol–water partition coefficient (Wildman–Crippen LogP) is -1.32. The van der Waals surface area contributed by atoms with Gasteiger partial charge in [0.1, 0.15) is 9.81 Å². The van der Waals surface area contributed by atoms with Gasteiger partial charge in [0.25, 0.3) is 20.2 Å². The first kappa shape index (κ1) is 12.7. The van der Waals surface area contributed by atoms with E-state index in [4.69, 9.17) is 9.11 Å². The summed E-state index contributed by atoms with van der Waals surface area (Å²) in [7, 11) is -9.81. The quantitative estimate of drug-likeness (QED) is 0.463. The van der Waals surface area contributed by atoms with Crippen LogP contribution >= 0.6 is 0 Å². The van der Waals surface area contributed by atoms with Gasteiger partial charge in [-0.1, -0.05) is 0 Å². The second kappa shape index (κ2) is 3.59. The highest BCUT2D eigenvalue weighted by Gasteiger charge is 2.33. The summed E-state index contributed by atoms with van der Waals surface area (Å²) >= 11 is 0. The fourth-order valence-corrected chi connectivity index (χ4v) is 2.06. The minimum absolute atomic E-state index is 0.126. The molecule has 0 amide bonds. The van der Waals surface area contributed by atoms with Gasteiger partial charge in [0, 0.05) is 12.2 Å². The molecule has 2 N–H and O–H groups in total. The number of carbonyl (C=O) groups excluding carboxylic acids is 2. The van der Waals surface area contributed by atoms with Crippen LogP contribution < -0.4 is 0 Å². The highest BCUT2D eigenvalue weighted by Crippen LogP contribution is 2.18. The standard InChI is InChI=1S/C6H4O8S2/c7-3-1-5(15(9,10)11)4(8)2-6(3)16(12,13)14/h1-2H,(H,9,10,11)(H,12,13,14). The van der Waals surface area contributed by atoms with E-state index in [0.717, 1.165) is 0 Å². The van der Waals surface area contributed by atoms with Gasteiger partial charge in [-0.05, 0) is 0 Å². The number of allylic oxidation sites excluding steroid dienone is 4. The molecule has 0 aromatic rings. The molecule has 0 aromatic carbocycles. The van der Waals surface area contributed by atoms with Crippen LogP contribution in [0.2, 0.25) is 0 Å². The van der Waals surface area contributed by atoms with Gasteiger partial charge in [0.2, 0.25) is 11.6 Å². The molecule has 16 heavy (non-hydrogen) atoms. The third kappa shape index (κ3) is 2.41. The van der Waals surface area contributed by atoms with Crippen molar-refractivity contribution in [2.45, 2.75) is 0 Å². The van der Waals surface area contributed by atoms with E-state index >= 15 is 0 Å². The van der Waals surface area contributed by atoms with E-state index in [9.17, 15) is 26.4 Å². The lowest BCUT2D eigenvalue weighted by Gasteiger charge is -2.07. The molecule has 1 rings (SSSR count). The average molecular weight is 268 g/mol. The van der Waals surface area contributed by atoms with E-state index in [1.165, 1.54) is 0 Å². The first-order valence-electron chi connectivity index (χ1n) is 3.50. The van der Waals surface area contributed by atoms with E-state index in [0.29, 0.717) is 0 Å². The molecule has 0 fully saturated rings. The molecule has 0 saturated heterocycles. The maximum absolute atomic E-state index is 11.0. The molecule has 0 radical (unpaired) electrons. The van der Waals surface area contributed by atoms with Gasteiger partial charge in [0.05, 0.1) is 0 Å². The Morgan fingerprint density at radius 1 is 0.750 bits per heavy atom. The topological polar surface area (TPSA) is 143 Å². The Kier molecular flexibility index (Phi) is 2.85. The third-order valence-corrected chi connectivity index (χ3v) is 3.32. The molecule has 0 spiro atoms. The van der Waals surface area contributed by atoms with Crippen LogP contribution in [-0.2, 0) is 29.8 Å². The van der Waals surface area contributed by atoms with E-state index in [1.54, 1.807) is 0 Å². The Bertz CT molecular complexity index is 572. The smallest absolute Gasteiger partial charge is 0.288 e. The molecule has 0 heterocycles. The van der Waals surface area contributed by atoms with Crippen molar-refractivity contribution in [3.05, 3.63) is 22.0 Å². The largest absolute Gasteiger partial charge is 0.298 e. The summed E-state index contributed by atoms with van der Waals surface area (Å²) in [6.07, 6.45) is 0.252. The van der Waals surface area contributed by atoms with Crippen molar-refractivity contribution in [3.8, 4) is 0 Å². The highest BCUT2D eigenvalue weighted by atomic mass is 32.2. The van der Waals surface area contributed by atoms with Crippen LogP contribution in [0.1, 0.15) is 0 Å². The van der Waals surface area contributed by atoms with Crippen LogP contribution in [0.5, 0.6) is 0 Å². The number of rotatable bonds is 2. The van der Waals surface area contributed by atoms with E-state index in [2.05, 4.69) is 0 Å². The van der Waals surface area contributed by atoms with Crippen LogP contribution in [0.15, 0.2) is 22.0 Å². The van der Waals surface area contributed by atoms with Gasteiger partial charge in [-0.15, -0.1) is 0 Å². The Balaban J connectivity index is 3.39. The minimum atomic E-state index is -4.91. The van der Waals surface area contributed by atoms with Crippen LogP contribution in [0.25, 0.3) is 0 Å². The number of carbonyl (C=O) groups is 2.